The Labute approximate surface area is 222 Å². The summed E-state index contributed by atoms with van der Waals surface area (Å²) in [6, 6.07) is 14.5. The van der Waals surface area contributed by atoms with E-state index in [0.29, 0.717) is 31.5 Å². The molecule has 1 saturated carbocycles. The number of rotatable bonds is 10. The average molecular weight is 518 g/mol. The van der Waals surface area contributed by atoms with Gasteiger partial charge in [-0.3, -0.25) is 14.9 Å². The molecule has 0 unspecified atom stereocenters. The van der Waals surface area contributed by atoms with Gasteiger partial charge in [0, 0.05) is 32.6 Å². The van der Waals surface area contributed by atoms with Crippen LogP contribution in [0.5, 0.6) is 0 Å². The molecule has 1 heterocycles. The molecule has 2 aromatic carbocycles. The molecule has 0 atom stereocenters. The summed E-state index contributed by atoms with van der Waals surface area (Å²) in [5.41, 5.74) is 11.2. The quantitative estimate of drug-likeness (QED) is 0.226. The van der Waals surface area contributed by atoms with E-state index in [1.807, 2.05) is 24.3 Å². The Morgan fingerprint density at radius 2 is 1.89 bits per heavy atom. The predicted octanol–water partition coefficient (Wildman–Crippen LogP) is 4.54. The number of hydrogen-bond acceptors (Lipinski definition) is 8. The van der Waals surface area contributed by atoms with Crippen LogP contribution in [0.25, 0.3) is 11.1 Å². The lowest BCUT2D eigenvalue weighted by molar-refractivity contribution is -0.384. The second-order valence-corrected chi connectivity index (χ2v) is 9.83. The number of hydrogen-bond donors (Lipinski definition) is 4. The lowest BCUT2D eigenvalue weighted by atomic mass is 9.86. The second-order valence-electron chi connectivity index (χ2n) is 9.83. The van der Waals surface area contributed by atoms with E-state index in [1.54, 1.807) is 0 Å². The molecule has 3 aromatic rings. The predicted molar refractivity (Wildman–Crippen MR) is 149 cm³/mol. The summed E-state index contributed by atoms with van der Waals surface area (Å²) in [4.78, 5) is 31.0. The molecule has 5 N–H and O–H groups in total. The number of benzene rings is 2. The molecule has 10 nitrogen and oxygen atoms in total. The first kappa shape index (κ1) is 27.0. The van der Waals surface area contributed by atoms with Gasteiger partial charge >= 0.3 is 5.69 Å². The van der Waals surface area contributed by atoms with E-state index in [1.165, 1.54) is 13.1 Å². The summed E-state index contributed by atoms with van der Waals surface area (Å²) in [7, 11) is 0. The Hall–Kier alpha value is -4.05. The van der Waals surface area contributed by atoms with E-state index >= 15 is 0 Å². The van der Waals surface area contributed by atoms with Crippen LogP contribution in [0, 0.1) is 23.0 Å². The lowest BCUT2D eigenvalue weighted by Gasteiger charge is -2.29. The molecular weight excluding hydrogens is 482 g/mol. The van der Waals surface area contributed by atoms with Gasteiger partial charge in [-0.2, -0.15) is 4.98 Å². The number of nitrogens with one attached hydrogen (secondary N) is 3. The van der Waals surface area contributed by atoms with Crippen molar-refractivity contribution in [3.63, 3.8) is 0 Å². The molecular formula is C28H35N7O3. The smallest absolute Gasteiger partial charge is 0.329 e. The number of carbonyl (C=O) groups is 1. The highest BCUT2D eigenvalue weighted by atomic mass is 16.6. The largest absolute Gasteiger partial charge is 0.364 e. The topological polar surface area (TPSA) is 148 Å². The maximum atomic E-state index is 11.6. The molecule has 0 spiro atoms. The summed E-state index contributed by atoms with van der Waals surface area (Å²) < 4.78 is 0. The first-order valence-electron chi connectivity index (χ1n) is 13.0. The maximum absolute atomic E-state index is 11.6. The van der Waals surface area contributed by atoms with Gasteiger partial charge in [-0.15, -0.1) is 0 Å². The van der Waals surface area contributed by atoms with Crippen LogP contribution in [-0.4, -0.2) is 33.4 Å². The van der Waals surface area contributed by atoms with Crippen LogP contribution in [0.1, 0.15) is 49.3 Å². The van der Waals surface area contributed by atoms with Crippen molar-refractivity contribution in [2.45, 2.75) is 58.7 Å². The molecule has 4 rings (SSSR count). The minimum atomic E-state index is -0.469. The van der Waals surface area contributed by atoms with Crippen molar-refractivity contribution in [2.75, 3.05) is 17.2 Å². The Balaban J connectivity index is 1.42. The molecule has 1 fully saturated rings. The normalized spacial score (nSPS) is 17.0. The lowest BCUT2D eigenvalue weighted by Crippen LogP contribution is -2.37. The summed E-state index contributed by atoms with van der Waals surface area (Å²) in [5.74, 6) is 0.878. The van der Waals surface area contributed by atoms with Gasteiger partial charge in [0.25, 0.3) is 0 Å². The molecule has 10 heteroatoms. The zero-order chi connectivity index (χ0) is 27.1. The number of aromatic nitrogens is 2. The van der Waals surface area contributed by atoms with Gasteiger partial charge in [-0.1, -0.05) is 36.4 Å². The third kappa shape index (κ3) is 6.83. The Morgan fingerprint density at radius 1 is 1.13 bits per heavy atom. The number of amides is 1. The van der Waals surface area contributed by atoms with Crippen molar-refractivity contribution >= 4 is 23.4 Å². The highest BCUT2D eigenvalue weighted by Gasteiger charge is 2.23. The van der Waals surface area contributed by atoms with Crippen molar-refractivity contribution in [2.24, 2.45) is 11.7 Å². The van der Waals surface area contributed by atoms with Gasteiger partial charge in [-0.05, 0) is 72.4 Å². The summed E-state index contributed by atoms with van der Waals surface area (Å²) in [6.45, 7) is 5.15. The van der Waals surface area contributed by atoms with Crippen molar-refractivity contribution in [1.82, 2.24) is 15.3 Å². The fraction of sp³-hybridized carbons (Fsp3) is 0.393. The van der Waals surface area contributed by atoms with E-state index < -0.39 is 4.92 Å². The van der Waals surface area contributed by atoms with E-state index in [9.17, 15) is 14.9 Å². The Bertz CT molecular complexity index is 1290. The van der Waals surface area contributed by atoms with Gasteiger partial charge in [-0.25, -0.2) is 4.98 Å². The van der Waals surface area contributed by atoms with Gasteiger partial charge in [0.05, 0.1) is 4.92 Å². The highest BCUT2D eigenvalue weighted by molar-refractivity contribution is 5.73. The van der Waals surface area contributed by atoms with Crippen LogP contribution in [0.3, 0.4) is 0 Å². The summed E-state index contributed by atoms with van der Waals surface area (Å²) in [6.07, 6.45) is 4.92. The molecule has 1 amide bonds. The van der Waals surface area contributed by atoms with Crippen molar-refractivity contribution in [3.8, 4) is 11.1 Å². The van der Waals surface area contributed by atoms with Crippen LogP contribution in [0.4, 0.5) is 17.5 Å². The third-order valence-corrected chi connectivity index (χ3v) is 7.14. The Kier molecular flexibility index (Phi) is 8.85. The molecule has 200 valence electrons. The first-order valence-corrected chi connectivity index (χ1v) is 13.0. The third-order valence-electron chi connectivity index (χ3n) is 7.14. The number of anilines is 2. The monoisotopic (exact) mass is 517 g/mol. The molecule has 0 saturated heterocycles. The van der Waals surface area contributed by atoms with Gasteiger partial charge < -0.3 is 21.7 Å². The van der Waals surface area contributed by atoms with Crippen LogP contribution >= 0.6 is 0 Å². The SMILES string of the molecule is CC(=O)NC1CCC(CNc2nc(NCc3cccc(-c4cccc(CN)c4)c3C)ncc2[N+](=O)[O-])CC1. The van der Waals surface area contributed by atoms with Crippen LogP contribution in [-0.2, 0) is 17.9 Å². The van der Waals surface area contributed by atoms with E-state index in [-0.39, 0.29) is 23.5 Å². The number of carbonyl (C=O) groups excluding carboxylic acids is 1. The fourth-order valence-electron chi connectivity index (χ4n) is 4.99. The number of nitro groups is 1. The van der Waals surface area contributed by atoms with Crippen molar-refractivity contribution in [1.29, 1.82) is 0 Å². The van der Waals surface area contributed by atoms with Crippen molar-refractivity contribution in [3.05, 3.63) is 75.5 Å². The number of nitrogens with zero attached hydrogens (tertiary/aromatic N) is 3. The molecule has 0 bridgehead atoms. The molecule has 0 aliphatic heterocycles. The molecule has 1 aliphatic rings. The average Bonchev–Trinajstić information content (AvgIpc) is 2.91. The minimum Gasteiger partial charge on any atom is -0.364 e. The van der Waals surface area contributed by atoms with Gasteiger partial charge in [0.15, 0.2) is 0 Å². The Morgan fingerprint density at radius 3 is 2.61 bits per heavy atom. The molecule has 1 aromatic heterocycles. The molecule has 38 heavy (non-hydrogen) atoms. The van der Waals surface area contributed by atoms with Gasteiger partial charge in [0.1, 0.15) is 6.20 Å². The summed E-state index contributed by atoms with van der Waals surface area (Å²) >= 11 is 0. The second kappa shape index (κ2) is 12.5. The minimum absolute atomic E-state index is 0.00839. The standard InChI is InChI=1S/C28H35N7O3/c1-18-23(7-4-8-25(18)22-6-3-5-21(13-22)14-29)16-31-28-32-17-26(35(37)38)27(34-28)30-15-20-9-11-24(12-10-20)33-19(2)36/h3-8,13,17,20,24H,9-12,14-16,29H2,1-2H3,(H,33,36)(H2,30,31,32,34). The van der Waals surface area contributed by atoms with Crippen LogP contribution in [0.15, 0.2) is 48.7 Å². The highest BCUT2D eigenvalue weighted by Crippen LogP contribution is 2.29. The van der Waals surface area contributed by atoms with Gasteiger partial charge in [0.2, 0.25) is 17.7 Å². The fourth-order valence-corrected chi connectivity index (χ4v) is 4.99. The van der Waals surface area contributed by atoms with E-state index in [2.05, 4.69) is 51.0 Å². The summed E-state index contributed by atoms with van der Waals surface area (Å²) in [5, 5.41) is 21.0. The zero-order valence-corrected chi connectivity index (χ0v) is 21.9. The van der Waals surface area contributed by atoms with Crippen LogP contribution in [0.2, 0.25) is 0 Å². The number of nitrogens with two attached hydrogens (primary N) is 1. The van der Waals surface area contributed by atoms with Crippen molar-refractivity contribution < 1.29 is 9.72 Å². The molecule has 0 radical (unpaired) electrons. The first-order chi connectivity index (χ1) is 18.3. The maximum Gasteiger partial charge on any atom is 0.329 e. The van der Waals surface area contributed by atoms with E-state index in [0.717, 1.165) is 53.5 Å². The zero-order valence-electron chi connectivity index (χ0n) is 21.9. The molecule has 1 aliphatic carbocycles. The van der Waals surface area contributed by atoms with Crippen LogP contribution < -0.4 is 21.7 Å². The van der Waals surface area contributed by atoms with E-state index in [4.69, 9.17) is 5.73 Å².